The van der Waals surface area contributed by atoms with Gasteiger partial charge in [-0.1, -0.05) is 135 Å². The molecule has 0 saturated heterocycles. The maximum absolute atomic E-state index is 13.6. The second-order valence-corrected chi connectivity index (χ2v) is 11.5. The van der Waals surface area contributed by atoms with Crippen molar-refractivity contribution in [3.05, 3.63) is 28.3 Å². The minimum atomic E-state index is 0.0185. The van der Waals surface area contributed by atoms with Gasteiger partial charge in [0.1, 0.15) is 5.75 Å². The second-order valence-electron chi connectivity index (χ2n) is 11.5. The minimum absolute atomic E-state index is 0.0185. The van der Waals surface area contributed by atoms with Crippen molar-refractivity contribution >= 4 is 5.91 Å². The molecule has 3 heteroatoms. The molecule has 0 aliphatic rings. The summed E-state index contributed by atoms with van der Waals surface area (Å²) < 4.78 is 0. The SMILES string of the molecule is CCCCCCCCCCCCN(CCCCCCCCCCCC)C(=O)c1c(C)cc(C)c(C)c1O. The van der Waals surface area contributed by atoms with E-state index in [9.17, 15) is 9.90 Å². The summed E-state index contributed by atoms with van der Waals surface area (Å²) in [7, 11) is 0. The average molecular weight is 516 g/mol. The number of phenolic OH excluding ortho intramolecular Hbond substituents is 1. The fourth-order valence-electron chi connectivity index (χ4n) is 5.39. The summed E-state index contributed by atoms with van der Waals surface area (Å²) in [4.78, 5) is 15.6. The molecule has 1 aromatic carbocycles. The van der Waals surface area contributed by atoms with Gasteiger partial charge in [-0.15, -0.1) is 0 Å². The Bertz CT molecular complexity index is 703. The molecule has 0 bridgehead atoms. The first-order valence-electron chi connectivity index (χ1n) is 16.0. The summed E-state index contributed by atoms with van der Waals surface area (Å²) in [5, 5.41) is 10.8. The lowest BCUT2D eigenvalue weighted by molar-refractivity contribution is 0.0745. The van der Waals surface area contributed by atoms with Gasteiger partial charge in [0.05, 0.1) is 5.56 Å². The molecular formula is C34H61NO2. The van der Waals surface area contributed by atoms with Gasteiger partial charge < -0.3 is 10.0 Å². The number of carbonyl (C=O) groups is 1. The third-order valence-corrected chi connectivity index (χ3v) is 8.08. The van der Waals surface area contributed by atoms with Crippen molar-refractivity contribution in [1.82, 2.24) is 4.90 Å². The Hall–Kier alpha value is -1.51. The summed E-state index contributed by atoms with van der Waals surface area (Å²) in [5.41, 5.74) is 3.28. The van der Waals surface area contributed by atoms with Crippen LogP contribution in [0.1, 0.15) is 169 Å². The monoisotopic (exact) mass is 515 g/mol. The summed E-state index contributed by atoms with van der Waals surface area (Å²) in [5.74, 6) is 0.198. The van der Waals surface area contributed by atoms with E-state index in [1.807, 2.05) is 31.7 Å². The number of carbonyl (C=O) groups excluding carboxylic acids is 1. The first-order valence-corrected chi connectivity index (χ1v) is 16.0. The van der Waals surface area contributed by atoms with Gasteiger partial charge in [-0.25, -0.2) is 0 Å². The number of unbranched alkanes of at least 4 members (excludes halogenated alkanes) is 18. The average Bonchev–Trinajstić information content (AvgIpc) is 2.88. The third kappa shape index (κ3) is 14.3. The molecular weight excluding hydrogens is 454 g/mol. The van der Waals surface area contributed by atoms with Crippen LogP contribution in [0.2, 0.25) is 0 Å². The van der Waals surface area contributed by atoms with Crippen molar-refractivity contribution in [2.24, 2.45) is 0 Å². The summed E-state index contributed by atoms with van der Waals surface area (Å²) in [6.07, 6.45) is 26.0. The van der Waals surface area contributed by atoms with E-state index < -0.39 is 0 Å². The molecule has 1 aromatic rings. The Kier molecular flexibility index (Phi) is 19.4. The number of amides is 1. The predicted molar refractivity (Wildman–Crippen MR) is 162 cm³/mol. The molecule has 1 amide bonds. The number of nitrogens with zero attached hydrogens (tertiary/aromatic N) is 1. The lowest BCUT2D eigenvalue weighted by atomic mass is 9.98. The Labute approximate surface area is 230 Å². The standard InChI is InChI=1S/C34H61NO2/c1-6-8-10-12-14-16-18-20-22-24-26-35(27-25-23-21-19-17-15-13-11-9-7-2)34(37)32-30(4)28-29(3)31(5)33(32)36/h28,36H,6-27H2,1-5H3. The summed E-state index contributed by atoms with van der Waals surface area (Å²) >= 11 is 0. The summed E-state index contributed by atoms with van der Waals surface area (Å²) in [6, 6.07) is 2.04. The molecule has 1 rings (SSSR count). The fraction of sp³-hybridized carbons (Fsp3) is 0.794. The highest BCUT2D eigenvalue weighted by Crippen LogP contribution is 2.30. The highest BCUT2D eigenvalue weighted by atomic mass is 16.3. The van der Waals surface area contributed by atoms with Crippen LogP contribution >= 0.6 is 0 Å². The number of hydrogen-bond donors (Lipinski definition) is 1. The second kappa shape index (κ2) is 21.4. The first kappa shape index (κ1) is 33.5. The van der Waals surface area contributed by atoms with E-state index in [-0.39, 0.29) is 11.7 Å². The molecule has 0 saturated carbocycles. The molecule has 214 valence electrons. The molecule has 3 nitrogen and oxygen atoms in total. The van der Waals surface area contributed by atoms with Crippen LogP contribution in [0.25, 0.3) is 0 Å². The molecule has 0 aromatic heterocycles. The van der Waals surface area contributed by atoms with Crippen LogP contribution in [-0.2, 0) is 0 Å². The zero-order chi connectivity index (χ0) is 27.3. The smallest absolute Gasteiger partial charge is 0.257 e. The zero-order valence-corrected chi connectivity index (χ0v) is 25.4. The van der Waals surface area contributed by atoms with Gasteiger partial charge in [-0.2, -0.15) is 0 Å². The predicted octanol–water partition coefficient (Wildman–Crippen LogP) is 10.6. The lowest BCUT2D eigenvalue weighted by Crippen LogP contribution is -2.33. The van der Waals surface area contributed by atoms with Gasteiger partial charge in [0, 0.05) is 13.1 Å². The lowest BCUT2D eigenvalue weighted by Gasteiger charge is -2.25. The van der Waals surface area contributed by atoms with Gasteiger partial charge in [-0.3, -0.25) is 4.79 Å². The van der Waals surface area contributed by atoms with E-state index in [0.717, 1.165) is 42.6 Å². The maximum Gasteiger partial charge on any atom is 0.257 e. The van der Waals surface area contributed by atoms with Crippen molar-refractivity contribution in [1.29, 1.82) is 0 Å². The number of phenols is 1. The molecule has 0 aliphatic carbocycles. The topological polar surface area (TPSA) is 40.5 Å². The van der Waals surface area contributed by atoms with Crippen molar-refractivity contribution in [2.45, 2.75) is 163 Å². The molecule has 0 aliphatic heterocycles. The van der Waals surface area contributed by atoms with Crippen molar-refractivity contribution in [3.63, 3.8) is 0 Å². The molecule has 0 fully saturated rings. The summed E-state index contributed by atoms with van der Waals surface area (Å²) in [6.45, 7) is 12.0. The van der Waals surface area contributed by atoms with Gasteiger partial charge in [-0.05, 0) is 50.3 Å². The zero-order valence-electron chi connectivity index (χ0n) is 25.4. The van der Waals surface area contributed by atoms with E-state index in [4.69, 9.17) is 0 Å². The van der Waals surface area contributed by atoms with E-state index in [1.165, 1.54) is 116 Å². The number of benzene rings is 1. The Morgan fingerprint density at radius 2 is 0.946 bits per heavy atom. The molecule has 0 spiro atoms. The highest BCUT2D eigenvalue weighted by molar-refractivity contribution is 5.99. The Morgan fingerprint density at radius 1 is 0.595 bits per heavy atom. The number of hydrogen-bond acceptors (Lipinski definition) is 2. The van der Waals surface area contributed by atoms with Crippen LogP contribution in [0.5, 0.6) is 5.75 Å². The van der Waals surface area contributed by atoms with Crippen LogP contribution in [-0.4, -0.2) is 29.0 Å². The normalized spacial score (nSPS) is 11.3. The van der Waals surface area contributed by atoms with Crippen LogP contribution in [0.4, 0.5) is 0 Å². The maximum atomic E-state index is 13.6. The van der Waals surface area contributed by atoms with Gasteiger partial charge in [0.2, 0.25) is 0 Å². The first-order chi connectivity index (χ1) is 17.9. The number of aryl methyl sites for hydroxylation is 2. The van der Waals surface area contributed by atoms with Crippen molar-refractivity contribution < 1.29 is 9.90 Å². The molecule has 0 atom stereocenters. The van der Waals surface area contributed by atoms with Crippen molar-refractivity contribution in [2.75, 3.05) is 13.1 Å². The van der Waals surface area contributed by atoms with E-state index in [2.05, 4.69) is 13.8 Å². The Balaban J connectivity index is 2.51. The molecule has 0 heterocycles. The third-order valence-electron chi connectivity index (χ3n) is 8.08. The fourth-order valence-corrected chi connectivity index (χ4v) is 5.39. The van der Waals surface area contributed by atoms with Crippen LogP contribution in [0, 0.1) is 20.8 Å². The van der Waals surface area contributed by atoms with Crippen LogP contribution in [0.3, 0.4) is 0 Å². The highest BCUT2D eigenvalue weighted by Gasteiger charge is 2.22. The van der Waals surface area contributed by atoms with Crippen molar-refractivity contribution in [3.8, 4) is 5.75 Å². The molecule has 37 heavy (non-hydrogen) atoms. The van der Waals surface area contributed by atoms with Gasteiger partial charge in [0.25, 0.3) is 5.91 Å². The van der Waals surface area contributed by atoms with Crippen LogP contribution < -0.4 is 0 Å². The van der Waals surface area contributed by atoms with Gasteiger partial charge in [0.15, 0.2) is 0 Å². The van der Waals surface area contributed by atoms with Crippen LogP contribution in [0.15, 0.2) is 6.07 Å². The molecule has 0 radical (unpaired) electrons. The molecule has 0 unspecified atom stereocenters. The minimum Gasteiger partial charge on any atom is -0.507 e. The number of aromatic hydroxyl groups is 1. The van der Waals surface area contributed by atoms with E-state index in [0.29, 0.717) is 5.56 Å². The van der Waals surface area contributed by atoms with E-state index >= 15 is 0 Å². The molecule has 1 N–H and O–H groups in total. The number of rotatable bonds is 23. The Morgan fingerprint density at radius 3 is 1.32 bits per heavy atom. The largest absolute Gasteiger partial charge is 0.507 e. The van der Waals surface area contributed by atoms with Gasteiger partial charge >= 0.3 is 0 Å². The quantitative estimate of drug-likeness (QED) is 0.147. The van der Waals surface area contributed by atoms with E-state index in [1.54, 1.807) is 0 Å².